The first kappa shape index (κ1) is 16.0. The Bertz CT molecular complexity index is 602. The number of hydrogen-bond donors (Lipinski definition) is 3. The van der Waals surface area contributed by atoms with Gasteiger partial charge >= 0.3 is 0 Å². The van der Waals surface area contributed by atoms with Gasteiger partial charge in [0.25, 0.3) is 0 Å². The SMILES string of the molecule is Nc1ccc(CC(CNS(=O)O)c2ccc(Cl)cc2)cc1. The molecular weight excluding hydrogens is 308 g/mol. The highest BCUT2D eigenvalue weighted by atomic mass is 35.5. The lowest BCUT2D eigenvalue weighted by atomic mass is 9.92. The fourth-order valence-corrected chi connectivity index (χ4v) is 2.62. The van der Waals surface area contributed by atoms with Gasteiger partial charge in [-0.05, 0) is 41.8 Å². The Morgan fingerprint density at radius 3 is 2.33 bits per heavy atom. The van der Waals surface area contributed by atoms with Crippen LogP contribution in [-0.4, -0.2) is 15.3 Å². The lowest BCUT2D eigenvalue weighted by Crippen LogP contribution is -2.24. The highest BCUT2D eigenvalue weighted by Gasteiger charge is 2.13. The molecular formula is C15H17ClN2O2S. The molecule has 2 unspecified atom stereocenters. The number of halogens is 1. The fraction of sp³-hybridized carbons (Fsp3) is 0.200. The summed E-state index contributed by atoms with van der Waals surface area (Å²) < 4.78 is 22.3. The molecule has 0 spiro atoms. The Hall–Kier alpha value is -1.40. The second-order valence-corrected chi connectivity index (χ2v) is 6.02. The van der Waals surface area contributed by atoms with Crippen molar-refractivity contribution in [1.29, 1.82) is 0 Å². The van der Waals surface area contributed by atoms with Crippen LogP contribution in [0.2, 0.25) is 5.02 Å². The molecule has 2 aromatic carbocycles. The average Bonchev–Trinajstić information content (AvgIpc) is 2.46. The van der Waals surface area contributed by atoms with Crippen molar-refractivity contribution in [3.8, 4) is 0 Å². The van der Waals surface area contributed by atoms with Gasteiger partial charge in [0.2, 0.25) is 11.3 Å². The highest BCUT2D eigenvalue weighted by Crippen LogP contribution is 2.23. The van der Waals surface area contributed by atoms with Gasteiger partial charge in [-0.15, -0.1) is 0 Å². The summed E-state index contributed by atoms with van der Waals surface area (Å²) >= 11 is 3.88. The number of anilines is 1. The molecule has 0 aliphatic heterocycles. The molecule has 2 rings (SSSR count). The number of nitrogen functional groups attached to an aromatic ring is 1. The lowest BCUT2D eigenvalue weighted by Gasteiger charge is -2.17. The molecule has 112 valence electrons. The van der Waals surface area contributed by atoms with Gasteiger partial charge in [0.15, 0.2) is 0 Å². The van der Waals surface area contributed by atoms with E-state index < -0.39 is 11.3 Å². The zero-order valence-corrected chi connectivity index (χ0v) is 12.9. The molecule has 0 aliphatic carbocycles. The number of nitrogens with two attached hydrogens (primary N) is 1. The Morgan fingerprint density at radius 1 is 1.14 bits per heavy atom. The molecule has 4 nitrogen and oxygen atoms in total. The van der Waals surface area contributed by atoms with Crippen LogP contribution in [0.4, 0.5) is 5.69 Å². The maximum Gasteiger partial charge on any atom is 0.231 e. The molecule has 2 aromatic rings. The van der Waals surface area contributed by atoms with E-state index in [1.54, 1.807) is 0 Å². The molecule has 0 saturated carbocycles. The molecule has 2 atom stereocenters. The van der Waals surface area contributed by atoms with Crippen molar-refractivity contribution in [2.75, 3.05) is 12.3 Å². The largest absolute Gasteiger partial charge is 0.399 e. The van der Waals surface area contributed by atoms with Crippen molar-refractivity contribution < 1.29 is 8.76 Å². The third kappa shape index (κ3) is 5.13. The summed E-state index contributed by atoms with van der Waals surface area (Å²) in [5, 5.41) is 0.670. The minimum Gasteiger partial charge on any atom is -0.399 e. The van der Waals surface area contributed by atoms with Gasteiger partial charge < -0.3 is 5.73 Å². The van der Waals surface area contributed by atoms with Crippen molar-refractivity contribution in [3.05, 3.63) is 64.7 Å². The first-order valence-electron chi connectivity index (χ1n) is 6.49. The van der Waals surface area contributed by atoms with E-state index >= 15 is 0 Å². The van der Waals surface area contributed by atoms with Gasteiger partial charge in [0, 0.05) is 23.2 Å². The average molecular weight is 325 g/mol. The lowest BCUT2D eigenvalue weighted by molar-refractivity contribution is 0.539. The second kappa shape index (κ2) is 7.56. The van der Waals surface area contributed by atoms with Crippen LogP contribution < -0.4 is 10.5 Å². The minimum absolute atomic E-state index is 0.0713. The second-order valence-electron chi connectivity index (χ2n) is 4.79. The van der Waals surface area contributed by atoms with E-state index in [0.717, 1.165) is 23.2 Å². The molecule has 0 saturated heterocycles. The standard InChI is InChI=1S/C15H17ClN2O2S/c16-14-5-3-12(4-6-14)13(10-18-21(19)20)9-11-1-7-15(17)8-2-11/h1-8,13,18H,9-10,17H2,(H,19,20). The molecule has 21 heavy (non-hydrogen) atoms. The van der Waals surface area contributed by atoms with E-state index in [-0.39, 0.29) is 5.92 Å². The van der Waals surface area contributed by atoms with E-state index in [2.05, 4.69) is 4.72 Å². The predicted molar refractivity (Wildman–Crippen MR) is 87.5 cm³/mol. The summed E-state index contributed by atoms with van der Waals surface area (Å²) in [6, 6.07) is 15.2. The molecule has 0 bridgehead atoms. The molecule has 0 aliphatic rings. The Labute approximate surface area is 131 Å². The first-order chi connectivity index (χ1) is 10.0. The minimum atomic E-state index is -2.02. The molecule has 0 aromatic heterocycles. The van der Waals surface area contributed by atoms with Crippen LogP contribution in [-0.2, 0) is 17.7 Å². The molecule has 4 N–H and O–H groups in total. The van der Waals surface area contributed by atoms with Crippen molar-refractivity contribution in [1.82, 2.24) is 4.72 Å². The number of benzene rings is 2. The molecule has 0 radical (unpaired) electrons. The quantitative estimate of drug-likeness (QED) is 0.565. The Morgan fingerprint density at radius 2 is 1.76 bits per heavy atom. The third-order valence-corrected chi connectivity index (χ3v) is 3.92. The summed E-state index contributed by atoms with van der Waals surface area (Å²) in [5.74, 6) is 0.0713. The summed E-state index contributed by atoms with van der Waals surface area (Å²) in [7, 11) is 0. The van der Waals surface area contributed by atoms with Crippen molar-refractivity contribution in [2.24, 2.45) is 0 Å². The van der Waals surface area contributed by atoms with E-state index in [9.17, 15) is 4.21 Å². The monoisotopic (exact) mass is 324 g/mol. The maximum absolute atomic E-state index is 10.8. The van der Waals surface area contributed by atoms with E-state index in [0.29, 0.717) is 11.6 Å². The van der Waals surface area contributed by atoms with Gasteiger partial charge in [-0.3, -0.25) is 4.55 Å². The fourth-order valence-electron chi connectivity index (χ4n) is 2.15. The smallest absolute Gasteiger partial charge is 0.231 e. The third-order valence-electron chi connectivity index (χ3n) is 3.26. The van der Waals surface area contributed by atoms with E-state index in [1.807, 2.05) is 48.5 Å². The molecule has 0 amide bonds. The zero-order chi connectivity index (χ0) is 15.2. The number of rotatable bonds is 6. The van der Waals surface area contributed by atoms with E-state index in [4.69, 9.17) is 21.9 Å². The topological polar surface area (TPSA) is 75.3 Å². The van der Waals surface area contributed by atoms with Gasteiger partial charge in [0.05, 0.1) is 0 Å². The van der Waals surface area contributed by atoms with Crippen LogP contribution in [0.25, 0.3) is 0 Å². The van der Waals surface area contributed by atoms with Crippen LogP contribution in [0.1, 0.15) is 17.0 Å². The summed E-state index contributed by atoms with van der Waals surface area (Å²) in [6.07, 6.45) is 0.742. The number of nitrogens with one attached hydrogen (secondary N) is 1. The molecule has 0 fully saturated rings. The van der Waals surface area contributed by atoms with Crippen LogP contribution in [0.5, 0.6) is 0 Å². The highest BCUT2D eigenvalue weighted by molar-refractivity contribution is 7.77. The van der Waals surface area contributed by atoms with Crippen molar-refractivity contribution in [3.63, 3.8) is 0 Å². The van der Waals surface area contributed by atoms with Gasteiger partial charge in [0.1, 0.15) is 0 Å². The predicted octanol–water partition coefficient (Wildman–Crippen LogP) is 2.97. The van der Waals surface area contributed by atoms with Crippen molar-refractivity contribution >= 4 is 28.6 Å². The maximum atomic E-state index is 10.8. The Kier molecular flexibility index (Phi) is 5.76. The zero-order valence-electron chi connectivity index (χ0n) is 11.3. The number of hydrogen-bond acceptors (Lipinski definition) is 2. The first-order valence-corrected chi connectivity index (χ1v) is 7.97. The summed E-state index contributed by atoms with van der Waals surface area (Å²) in [5.41, 5.74) is 8.59. The van der Waals surface area contributed by atoms with Gasteiger partial charge in [-0.2, -0.15) is 0 Å². The summed E-state index contributed by atoms with van der Waals surface area (Å²) in [4.78, 5) is 0. The molecule has 0 heterocycles. The van der Waals surface area contributed by atoms with Gasteiger partial charge in [-0.25, -0.2) is 8.93 Å². The van der Waals surface area contributed by atoms with Gasteiger partial charge in [-0.1, -0.05) is 35.9 Å². The van der Waals surface area contributed by atoms with Crippen LogP contribution in [0, 0.1) is 0 Å². The normalized spacial score (nSPS) is 13.8. The van der Waals surface area contributed by atoms with Crippen LogP contribution in [0.3, 0.4) is 0 Å². The van der Waals surface area contributed by atoms with Crippen molar-refractivity contribution in [2.45, 2.75) is 12.3 Å². The van der Waals surface area contributed by atoms with E-state index in [1.165, 1.54) is 0 Å². The van der Waals surface area contributed by atoms with Crippen LogP contribution >= 0.6 is 11.6 Å². The van der Waals surface area contributed by atoms with Crippen LogP contribution in [0.15, 0.2) is 48.5 Å². The Balaban J connectivity index is 2.16. The molecule has 6 heteroatoms. The summed E-state index contributed by atoms with van der Waals surface area (Å²) in [6.45, 7) is 0.398.